The van der Waals surface area contributed by atoms with Gasteiger partial charge in [-0.1, -0.05) is 18.0 Å². The van der Waals surface area contributed by atoms with Crippen LogP contribution < -0.4 is 15.8 Å². The summed E-state index contributed by atoms with van der Waals surface area (Å²) in [6, 6.07) is 0.501. The number of hydrogen-bond acceptors (Lipinski definition) is 7. The van der Waals surface area contributed by atoms with Gasteiger partial charge >= 0.3 is 0 Å². The van der Waals surface area contributed by atoms with E-state index in [1.54, 1.807) is 0 Å². The standard InChI is InChI=1S/C17H23N7O/c1-9-19-15-11-4-2-3-5-12(11)23-8-18-13(17(23)24(15)21-9)14-20-16(25-22-14)10-6-7-10/h8-12,15,19,21H,2-7H2,1H3. The second-order valence-electron chi connectivity index (χ2n) is 7.90. The number of hydrogen-bond donors (Lipinski definition) is 2. The van der Waals surface area contributed by atoms with Crippen molar-refractivity contribution in [3.05, 3.63) is 12.2 Å². The molecule has 8 heteroatoms. The zero-order valence-corrected chi connectivity index (χ0v) is 14.4. The lowest BCUT2D eigenvalue weighted by Crippen LogP contribution is -2.53. The smallest absolute Gasteiger partial charge is 0.230 e. The van der Waals surface area contributed by atoms with Crippen LogP contribution in [0.4, 0.5) is 5.82 Å². The molecule has 4 heterocycles. The molecule has 4 unspecified atom stereocenters. The van der Waals surface area contributed by atoms with E-state index in [0.29, 0.717) is 29.9 Å². The lowest BCUT2D eigenvalue weighted by Gasteiger charge is -2.45. The highest BCUT2D eigenvalue weighted by Crippen LogP contribution is 2.47. The highest BCUT2D eigenvalue weighted by Gasteiger charge is 2.47. The van der Waals surface area contributed by atoms with Crippen molar-refractivity contribution < 1.29 is 4.52 Å². The third kappa shape index (κ3) is 2.04. The van der Waals surface area contributed by atoms with E-state index in [1.165, 1.54) is 25.7 Å². The van der Waals surface area contributed by atoms with Crippen LogP contribution in [0.25, 0.3) is 11.5 Å². The predicted molar refractivity (Wildman–Crippen MR) is 90.5 cm³/mol. The minimum absolute atomic E-state index is 0.245. The highest BCUT2D eigenvalue weighted by molar-refractivity contribution is 5.69. The Balaban J connectivity index is 1.47. The first-order valence-electron chi connectivity index (χ1n) is 9.52. The zero-order chi connectivity index (χ0) is 16.5. The number of fused-ring (bicyclic) bond motifs is 6. The van der Waals surface area contributed by atoms with Gasteiger partial charge in [-0.15, -0.1) is 0 Å². The van der Waals surface area contributed by atoms with Crippen LogP contribution in [-0.4, -0.2) is 32.0 Å². The third-order valence-electron chi connectivity index (χ3n) is 6.15. The Morgan fingerprint density at radius 3 is 2.96 bits per heavy atom. The summed E-state index contributed by atoms with van der Waals surface area (Å²) in [6.45, 7) is 2.16. The van der Waals surface area contributed by atoms with E-state index in [9.17, 15) is 0 Å². The average Bonchev–Trinajstić information content (AvgIpc) is 3.05. The summed E-state index contributed by atoms with van der Waals surface area (Å²) in [5, 5.41) is 10.2. The maximum atomic E-state index is 5.48. The summed E-state index contributed by atoms with van der Waals surface area (Å²) in [4.78, 5) is 9.34. The number of hydrazine groups is 1. The van der Waals surface area contributed by atoms with Gasteiger partial charge in [0.1, 0.15) is 6.17 Å². The molecule has 0 amide bonds. The minimum atomic E-state index is 0.245. The molecule has 6 rings (SSSR count). The number of aromatic nitrogens is 4. The molecule has 1 saturated heterocycles. The lowest BCUT2D eigenvalue weighted by molar-refractivity contribution is 0.173. The van der Waals surface area contributed by atoms with Gasteiger partial charge in [0.25, 0.3) is 0 Å². The number of imidazole rings is 1. The quantitative estimate of drug-likeness (QED) is 0.866. The molecule has 4 atom stereocenters. The Morgan fingerprint density at radius 1 is 1.20 bits per heavy atom. The Kier molecular flexibility index (Phi) is 2.88. The minimum Gasteiger partial charge on any atom is -0.339 e. The second kappa shape index (κ2) is 5.04. The molecule has 2 aliphatic carbocycles. The molecule has 0 bridgehead atoms. The molecule has 2 aromatic rings. The van der Waals surface area contributed by atoms with Crippen LogP contribution >= 0.6 is 0 Å². The first-order chi connectivity index (χ1) is 12.3. The maximum absolute atomic E-state index is 5.48. The fraction of sp³-hybridized carbons (Fsp3) is 0.706. The van der Waals surface area contributed by atoms with Crippen molar-refractivity contribution in [1.29, 1.82) is 0 Å². The summed E-state index contributed by atoms with van der Waals surface area (Å²) in [5.74, 6) is 3.52. The van der Waals surface area contributed by atoms with Crippen LogP contribution in [0.2, 0.25) is 0 Å². The van der Waals surface area contributed by atoms with E-state index in [2.05, 4.69) is 37.4 Å². The Labute approximate surface area is 145 Å². The number of nitrogens with zero attached hydrogens (tertiary/aromatic N) is 5. The number of nitrogens with one attached hydrogen (secondary N) is 2. The predicted octanol–water partition coefficient (Wildman–Crippen LogP) is 2.14. The van der Waals surface area contributed by atoms with Gasteiger partial charge in [0.2, 0.25) is 11.7 Å². The average molecular weight is 341 g/mol. The molecular weight excluding hydrogens is 318 g/mol. The van der Waals surface area contributed by atoms with Gasteiger partial charge in [-0.25, -0.2) is 10.4 Å². The van der Waals surface area contributed by atoms with Crippen molar-refractivity contribution in [2.45, 2.75) is 69.7 Å². The topological polar surface area (TPSA) is 84.0 Å². The molecular formula is C17H23N7O. The Hall–Kier alpha value is -1.93. The van der Waals surface area contributed by atoms with Crippen molar-refractivity contribution in [3.8, 4) is 11.5 Å². The molecule has 2 saturated carbocycles. The van der Waals surface area contributed by atoms with Crippen LogP contribution in [0.5, 0.6) is 0 Å². The molecule has 0 aromatic carbocycles. The Bertz CT molecular complexity index is 810. The molecule has 2 aliphatic heterocycles. The van der Waals surface area contributed by atoms with Crippen molar-refractivity contribution in [2.75, 3.05) is 5.01 Å². The van der Waals surface area contributed by atoms with Gasteiger partial charge in [-0.3, -0.25) is 10.3 Å². The summed E-state index contributed by atoms with van der Waals surface area (Å²) in [6.07, 6.45) is 9.91. The second-order valence-corrected chi connectivity index (χ2v) is 7.90. The lowest BCUT2D eigenvalue weighted by atomic mass is 9.81. The van der Waals surface area contributed by atoms with Crippen LogP contribution in [-0.2, 0) is 0 Å². The van der Waals surface area contributed by atoms with Crippen LogP contribution in [0.3, 0.4) is 0 Å². The summed E-state index contributed by atoms with van der Waals surface area (Å²) in [5.41, 5.74) is 4.39. The third-order valence-corrected chi connectivity index (χ3v) is 6.15. The van der Waals surface area contributed by atoms with Crippen molar-refractivity contribution >= 4 is 5.82 Å². The van der Waals surface area contributed by atoms with Gasteiger partial charge in [0, 0.05) is 17.9 Å². The van der Waals surface area contributed by atoms with E-state index >= 15 is 0 Å². The van der Waals surface area contributed by atoms with E-state index in [1.807, 2.05) is 6.33 Å². The molecule has 2 aromatic heterocycles. The van der Waals surface area contributed by atoms with Gasteiger partial charge in [0.05, 0.1) is 12.5 Å². The number of rotatable bonds is 2. The van der Waals surface area contributed by atoms with Crippen LogP contribution in [0.1, 0.15) is 63.3 Å². The van der Waals surface area contributed by atoms with Crippen LogP contribution in [0.15, 0.2) is 10.9 Å². The molecule has 8 nitrogen and oxygen atoms in total. The molecule has 4 aliphatic rings. The van der Waals surface area contributed by atoms with E-state index in [-0.39, 0.29) is 6.17 Å². The fourth-order valence-electron chi connectivity index (χ4n) is 4.84. The van der Waals surface area contributed by atoms with Crippen molar-refractivity contribution in [1.82, 2.24) is 30.4 Å². The van der Waals surface area contributed by atoms with Gasteiger partial charge in [-0.2, -0.15) is 4.98 Å². The molecule has 2 N–H and O–H groups in total. The largest absolute Gasteiger partial charge is 0.339 e. The summed E-state index contributed by atoms with van der Waals surface area (Å²) < 4.78 is 7.82. The van der Waals surface area contributed by atoms with E-state index < -0.39 is 0 Å². The normalized spacial score (nSPS) is 33.9. The summed E-state index contributed by atoms with van der Waals surface area (Å²) >= 11 is 0. The first kappa shape index (κ1) is 14.3. The summed E-state index contributed by atoms with van der Waals surface area (Å²) in [7, 11) is 0. The van der Waals surface area contributed by atoms with Gasteiger partial charge in [0.15, 0.2) is 11.5 Å². The van der Waals surface area contributed by atoms with Gasteiger partial charge in [-0.05, 0) is 32.6 Å². The number of anilines is 1. The van der Waals surface area contributed by atoms with Crippen molar-refractivity contribution in [2.24, 2.45) is 5.92 Å². The fourth-order valence-corrected chi connectivity index (χ4v) is 4.84. The SMILES string of the molecule is CC1NC2C3CCCCC3n3cnc(-c4noc(C5CC5)n4)c3N2N1. The maximum Gasteiger partial charge on any atom is 0.230 e. The monoisotopic (exact) mass is 341 g/mol. The van der Waals surface area contributed by atoms with Crippen LogP contribution in [0, 0.1) is 5.92 Å². The molecule has 0 radical (unpaired) electrons. The van der Waals surface area contributed by atoms with Gasteiger partial charge < -0.3 is 9.09 Å². The van der Waals surface area contributed by atoms with E-state index in [4.69, 9.17) is 9.51 Å². The first-order valence-corrected chi connectivity index (χ1v) is 9.52. The zero-order valence-electron chi connectivity index (χ0n) is 14.4. The highest BCUT2D eigenvalue weighted by atomic mass is 16.5. The van der Waals surface area contributed by atoms with Crippen molar-refractivity contribution in [3.63, 3.8) is 0 Å². The molecule has 3 fully saturated rings. The molecule has 0 spiro atoms. The molecule has 25 heavy (non-hydrogen) atoms. The molecule has 132 valence electrons. The van der Waals surface area contributed by atoms with E-state index in [0.717, 1.165) is 30.2 Å². The Morgan fingerprint density at radius 2 is 2.08 bits per heavy atom.